The Hall–Kier alpha value is -1.89. The Bertz CT molecular complexity index is 834. The van der Waals surface area contributed by atoms with Crippen LogP contribution in [0, 0.1) is 18.3 Å². The third-order valence-electron chi connectivity index (χ3n) is 3.86. The summed E-state index contributed by atoms with van der Waals surface area (Å²) < 4.78 is 29.7. The number of fused-ring (bicyclic) bond motifs is 1. The summed E-state index contributed by atoms with van der Waals surface area (Å²) in [5.41, 5.74) is 7.73. The lowest BCUT2D eigenvalue weighted by Gasteiger charge is -2.17. The van der Waals surface area contributed by atoms with Crippen LogP contribution in [0.15, 0.2) is 12.7 Å². The van der Waals surface area contributed by atoms with Crippen molar-refractivity contribution >= 4 is 18.9 Å². The summed E-state index contributed by atoms with van der Waals surface area (Å²) in [6.07, 6.45) is 4.24. The van der Waals surface area contributed by atoms with Crippen molar-refractivity contribution < 1.29 is 18.3 Å². The predicted octanol–water partition coefficient (Wildman–Crippen LogP) is 1.83. The van der Waals surface area contributed by atoms with Gasteiger partial charge in [0, 0.05) is 0 Å². The largest absolute Gasteiger partial charge is 0.402 e. The molecule has 0 saturated carbocycles. The van der Waals surface area contributed by atoms with Crippen LogP contribution in [-0.2, 0) is 18.3 Å². The zero-order chi connectivity index (χ0) is 17.9. The molecular formula is C14H19N6O4P. The molecule has 0 radical (unpaired) electrons. The van der Waals surface area contributed by atoms with Gasteiger partial charge in [0.2, 0.25) is 0 Å². The van der Waals surface area contributed by atoms with Crippen molar-refractivity contribution in [1.29, 1.82) is 5.26 Å². The smallest absolute Gasteiger partial charge is 0.352 e. The van der Waals surface area contributed by atoms with Gasteiger partial charge in [-0.2, -0.15) is 5.26 Å². The minimum Gasteiger partial charge on any atom is -0.352 e. The van der Waals surface area contributed by atoms with Gasteiger partial charge in [0.1, 0.15) is 18.1 Å². The maximum absolute atomic E-state index is 11.9. The van der Waals surface area contributed by atoms with Crippen LogP contribution in [0.4, 0.5) is 0 Å². The average molecular weight is 366 g/mol. The molecule has 1 fully saturated rings. The van der Waals surface area contributed by atoms with E-state index in [1.54, 1.807) is 6.33 Å². The van der Waals surface area contributed by atoms with Crippen LogP contribution in [0.5, 0.6) is 0 Å². The molecule has 2 aromatic heterocycles. The van der Waals surface area contributed by atoms with Crippen molar-refractivity contribution in [3.05, 3.63) is 18.3 Å². The van der Waals surface area contributed by atoms with E-state index in [4.69, 9.17) is 24.6 Å². The van der Waals surface area contributed by atoms with Gasteiger partial charge in [-0.15, -0.1) is 0 Å². The molecule has 10 nitrogen and oxygen atoms in total. The highest BCUT2D eigenvalue weighted by molar-refractivity contribution is 7.51. The standard InChI is InChI=1S/C14H19N6O4P/c1-10-13-14(18-8-17-10)20(9-19-13)12-4-3-11(24-12)7-23-25(16,21)22-6-2-5-15/h8-9,11-12H,2-4,6-7H2,1H3,(H2,16,21)/t11-,12+,25?/m0/s1. The highest BCUT2D eigenvalue weighted by Crippen LogP contribution is 2.40. The lowest BCUT2D eigenvalue weighted by molar-refractivity contribution is -0.0185. The summed E-state index contributed by atoms with van der Waals surface area (Å²) in [7, 11) is -3.67. The first-order valence-corrected chi connectivity index (χ1v) is 9.45. The summed E-state index contributed by atoms with van der Waals surface area (Å²) in [5.74, 6) is 0. The quantitative estimate of drug-likeness (QED) is 0.574. The Morgan fingerprint density at radius 3 is 3.08 bits per heavy atom. The summed E-state index contributed by atoms with van der Waals surface area (Å²) in [6.45, 7) is 1.90. The van der Waals surface area contributed by atoms with Gasteiger partial charge in [-0.1, -0.05) is 0 Å². The van der Waals surface area contributed by atoms with Gasteiger partial charge in [-0.3, -0.25) is 13.6 Å². The van der Waals surface area contributed by atoms with Gasteiger partial charge >= 0.3 is 7.75 Å². The molecule has 11 heteroatoms. The van der Waals surface area contributed by atoms with E-state index >= 15 is 0 Å². The number of nitriles is 1. The minimum atomic E-state index is -3.67. The summed E-state index contributed by atoms with van der Waals surface area (Å²) in [4.78, 5) is 12.7. The van der Waals surface area contributed by atoms with E-state index in [1.165, 1.54) is 6.33 Å². The fourth-order valence-electron chi connectivity index (χ4n) is 2.64. The zero-order valence-corrected chi connectivity index (χ0v) is 14.6. The third kappa shape index (κ3) is 4.21. The first-order chi connectivity index (χ1) is 12.0. The molecule has 1 saturated heterocycles. The highest BCUT2D eigenvalue weighted by atomic mass is 31.2. The summed E-state index contributed by atoms with van der Waals surface area (Å²) in [5, 5.41) is 8.44. The zero-order valence-electron chi connectivity index (χ0n) is 13.7. The fourth-order valence-corrected chi connectivity index (χ4v) is 3.43. The predicted molar refractivity (Wildman–Crippen MR) is 87.1 cm³/mol. The molecule has 1 aliphatic rings. The number of imidazole rings is 1. The molecule has 134 valence electrons. The van der Waals surface area contributed by atoms with Crippen molar-refractivity contribution in [2.45, 2.75) is 38.5 Å². The maximum atomic E-state index is 11.9. The fraction of sp³-hybridized carbons (Fsp3) is 0.571. The Morgan fingerprint density at radius 2 is 2.28 bits per heavy atom. The topological polar surface area (TPSA) is 138 Å². The lowest BCUT2D eigenvalue weighted by Crippen LogP contribution is -2.18. The molecule has 2 N–H and O–H groups in total. The van der Waals surface area contributed by atoms with E-state index in [-0.39, 0.29) is 32.0 Å². The van der Waals surface area contributed by atoms with Crippen molar-refractivity contribution in [2.24, 2.45) is 5.50 Å². The molecule has 3 heterocycles. The summed E-state index contributed by atoms with van der Waals surface area (Å²) in [6, 6.07) is 1.88. The maximum Gasteiger partial charge on any atom is 0.402 e. The number of rotatable bonds is 7. The van der Waals surface area contributed by atoms with Gasteiger partial charge in [-0.25, -0.2) is 25.0 Å². The van der Waals surface area contributed by atoms with Crippen LogP contribution < -0.4 is 5.50 Å². The molecule has 0 aromatic carbocycles. The number of ether oxygens (including phenoxy) is 1. The number of aryl methyl sites for hydroxylation is 1. The molecular weight excluding hydrogens is 347 g/mol. The molecule has 25 heavy (non-hydrogen) atoms. The first-order valence-electron chi connectivity index (χ1n) is 7.84. The molecule has 1 aliphatic heterocycles. The van der Waals surface area contributed by atoms with Gasteiger partial charge in [0.25, 0.3) is 0 Å². The third-order valence-corrected chi connectivity index (χ3v) is 4.91. The number of hydrogen-bond acceptors (Lipinski definition) is 8. The second kappa shape index (κ2) is 7.56. The van der Waals surface area contributed by atoms with Crippen LogP contribution in [0.25, 0.3) is 11.2 Å². The van der Waals surface area contributed by atoms with E-state index < -0.39 is 7.75 Å². The Kier molecular flexibility index (Phi) is 5.42. The number of aromatic nitrogens is 4. The molecule has 0 amide bonds. The molecule has 2 aromatic rings. The molecule has 0 spiro atoms. The molecule has 3 atom stereocenters. The van der Waals surface area contributed by atoms with Gasteiger partial charge in [0.05, 0.1) is 43.8 Å². The van der Waals surface area contributed by atoms with Crippen LogP contribution >= 0.6 is 7.75 Å². The van der Waals surface area contributed by atoms with E-state index in [9.17, 15) is 4.57 Å². The molecule has 1 unspecified atom stereocenters. The summed E-state index contributed by atoms with van der Waals surface area (Å²) >= 11 is 0. The normalized spacial score (nSPS) is 22.8. The van der Waals surface area contributed by atoms with Crippen LogP contribution in [-0.4, -0.2) is 38.8 Å². The van der Waals surface area contributed by atoms with Crippen molar-refractivity contribution in [3.63, 3.8) is 0 Å². The molecule has 0 bridgehead atoms. The monoisotopic (exact) mass is 366 g/mol. The van der Waals surface area contributed by atoms with Crippen molar-refractivity contribution in [1.82, 2.24) is 19.5 Å². The number of hydrogen-bond donors (Lipinski definition) is 1. The van der Waals surface area contributed by atoms with Crippen molar-refractivity contribution in [2.75, 3.05) is 13.2 Å². The first kappa shape index (κ1) is 17.9. The van der Waals surface area contributed by atoms with Crippen molar-refractivity contribution in [3.8, 4) is 6.07 Å². The van der Waals surface area contributed by atoms with E-state index in [0.717, 1.165) is 17.6 Å². The van der Waals surface area contributed by atoms with E-state index in [2.05, 4.69) is 15.0 Å². The Balaban J connectivity index is 1.57. The lowest BCUT2D eigenvalue weighted by atomic mass is 10.2. The minimum absolute atomic E-state index is 0.0293. The number of nitrogens with zero attached hydrogens (tertiary/aromatic N) is 5. The van der Waals surface area contributed by atoms with Crippen LogP contribution in [0.3, 0.4) is 0 Å². The second-order valence-corrected chi connectivity index (χ2v) is 7.25. The second-order valence-electron chi connectivity index (χ2n) is 5.65. The van der Waals surface area contributed by atoms with Crippen LogP contribution in [0.1, 0.15) is 31.2 Å². The van der Waals surface area contributed by atoms with Gasteiger partial charge in [-0.05, 0) is 19.8 Å². The molecule has 3 rings (SSSR count). The average Bonchev–Trinajstić information content (AvgIpc) is 3.20. The SMILES string of the molecule is Cc1ncnc2c1ncn2[C@H]1CC[C@@H](COP(N)(=O)OCCC#N)O1. The van der Waals surface area contributed by atoms with Gasteiger partial charge < -0.3 is 4.74 Å². The van der Waals surface area contributed by atoms with Gasteiger partial charge in [0.15, 0.2) is 5.65 Å². The highest BCUT2D eigenvalue weighted by Gasteiger charge is 2.30. The van der Waals surface area contributed by atoms with E-state index in [0.29, 0.717) is 12.1 Å². The Labute approximate surface area is 144 Å². The Morgan fingerprint density at radius 1 is 1.44 bits per heavy atom. The van der Waals surface area contributed by atoms with Crippen LogP contribution in [0.2, 0.25) is 0 Å². The molecule has 0 aliphatic carbocycles. The number of nitrogens with two attached hydrogens (primary N) is 1. The van der Waals surface area contributed by atoms with E-state index in [1.807, 2.05) is 17.6 Å².